The van der Waals surface area contributed by atoms with Crippen LogP contribution in [0.1, 0.15) is 40.9 Å². The van der Waals surface area contributed by atoms with E-state index in [0.29, 0.717) is 6.54 Å². The third-order valence-corrected chi connectivity index (χ3v) is 5.13. The zero-order valence-electron chi connectivity index (χ0n) is 11.8. The van der Waals surface area contributed by atoms with Crippen LogP contribution in [0.25, 0.3) is 0 Å². The van der Waals surface area contributed by atoms with Gasteiger partial charge in [0.1, 0.15) is 0 Å². The predicted molar refractivity (Wildman–Crippen MR) is 83.1 cm³/mol. The molecular formula is C15H19NOS2. The molecular weight excluding hydrogens is 274 g/mol. The zero-order chi connectivity index (χ0) is 14.0. The van der Waals surface area contributed by atoms with E-state index in [1.165, 1.54) is 10.4 Å². The number of rotatable bonds is 3. The van der Waals surface area contributed by atoms with Gasteiger partial charge in [0.2, 0.25) is 0 Å². The van der Waals surface area contributed by atoms with Gasteiger partial charge in [0, 0.05) is 18.5 Å². The number of hydrogen-bond donors (Lipinski definition) is 0. The monoisotopic (exact) mass is 293 g/mol. The maximum atomic E-state index is 12.4. The largest absolute Gasteiger partial charge is 0.337 e. The Morgan fingerprint density at radius 1 is 1.26 bits per heavy atom. The van der Waals surface area contributed by atoms with E-state index in [9.17, 15) is 4.79 Å². The molecule has 0 unspecified atom stereocenters. The van der Waals surface area contributed by atoms with Gasteiger partial charge in [-0.15, -0.1) is 11.3 Å². The highest BCUT2D eigenvalue weighted by Crippen LogP contribution is 2.30. The van der Waals surface area contributed by atoms with E-state index < -0.39 is 0 Å². The Labute approximate surface area is 122 Å². The van der Waals surface area contributed by atoms with Crippen molar-refractivity contribution in [2.24, 2.45) is 0 Å². The smallest absolute Gasteiger partial charge is 0.263 e. The minimum atomic E-state index is 0.103. The minimum absolute atomic E-state index is 0.103. The summed E-state index contributed by atoms with van der Waals surface area (Å²) in [6, 6.07) is 6.07. The lowest BCUT2D eigenvalue weighted by atomic mass is 9.95. The molecule has 0 aliphatic rings. The molecule has 0 fully saturated rings. The van der Waals surface area contributed by atoms with Crippen molar-refractivity contribution >= 4 is 28.6 Å². The molecule has 2 nitrogen and oxygen atoms in total. The standard InChI is InChI=1S/C15H19NOS2/c1-15(2,3)13-6-5-12(19-13)14(17)16(4)9-11-7-8-18-10-11/h5-8,10H,9H2,1-4H3. The molecule has 0 saturated carbocycles. The summed E-state index contributed by atoms with van der Waals surface area (Å²) in [6.07, 6.45) is 0. The first-order chi connectivity index (χ1) is 8.88. The van der Waals surface area contributed by atoms with E-state index >= 15 is 0 Å². The highest BCUT2D eigenvalue weighted by Gasteiger charge is 2.20. The molecule has 0 atom stereocenters. The van der Waals surface area contributed by atoms with Crippen LogP contribution < -0.4 is 0 Å². The number of amides is 1. The van der Waals surface area contributed by atoms with Gasteiger partial charge in [-0.1, -0.05) is 20.8 Å². The fraction of sp³-hybridized carbons (Fsp3) is 0.400. The van der Waals surface area contributed by atoms with Crippen molar-refractivity contribution in [2.45, 2.75) is 32.7 Å². The fourth-order valence-electron chi connectivity index (χ4n) is 1.77. The number of nitrogens with zero attached hydrogens (tertiary/aromatic N) is 1. The van der Waals surface area contributed by atoms with Crippen molar-refractivity contribution in [1.82, 2.24) is 4.90 Å². The minimum Gasteiger partial charge on any atom is -0.337 e. The molecule has 2 aromatic rings. The summed E-state index contributed by atoms with van der Waals surface area (Å²) >= 11 is 3.26. The SMILES string of the molecule is CN(Cc1ccsc1)C(=O)c1ccc(C(C)(C)C)s1. The third kappa shape index (κ3) is 3.45. The molecule has 1 amide bonds. The molecule has 0 radical (unpaired) electrons. The Balaban J connectivity index is 2.09. The maximum Gasteiger partial charge on any atom is 0.263 e. The summed E-state index contributed by atoms with van der Waals surface area (Å²) in [7, 11) is 1.86. The van der Waals surface area contributed by atoms with Crippen LogP contribution in [-0.2, 0) is 12.0 Å². The maximum absolute atomic E-state index is 12.4. The lowest BCUT2D eigenvalue weighted by Gasteiger charge is -2.17. The lowest BCUT2D eigenvalue weighted by Crippen LogP contribution is -2.25. The van der Waals surface area contributed by atoms with Crippen LogP contribution in [-0.4, -0.2) is 17.9 Å². The van der Waals surface area contributed by atoms with E-state index in [1.54, 1.807) is 27.6 Å². The molecule has 0 saturated heterocycles. The van der Waals surface area contributed by atoms with E-state index in [-0.39, 0.29) is 11.3 Å². The van der Waals surface area contributed by atoms with Crippen molar-refractivity contribution in [1.29, 1.82) is 0 Å². The van der Waals surface area contributed by atoms with Crippen molar-refractivity contribution in [3.8, 4) is 0 Å². The van der Waals surface area contributed by atoms with Gasteiger partial charge >= 0.3 is 0 Å². The van der Waals surface area contributed by atoms with Crippen LogP contribution >= 0.6 is 22.7 Å². The van der Waals surface area contributed by atoms with Gasteiger partial charge in [-0.05, 0) is 39.9 Å². The molecule has 0 aliphatic heterocycles. The number of carbonyl (C=O) groups is 1. The molecule has 0 aliphatic carbocycles. The predicted octanol–water partition coefficient (Wildman–Crippen LogP) is 4.38. The average molecular weight is 293 g/mol. The first-order valence-electron chi connectivity index (χ1n) is 6.25. The zero-order valence-corrected chi connectivity index (χ0v) is 13.4. The topological polar surface area (TPSA) is 20.3 Å². The van der Waals surface area contributed by atoms with Crippen LogP contribution in [0.2, 0.25) is 0 Å². The van der Waals surface area contributed by atoms with Crippen LogP contribution in [0.3, 0.4) is 0 Å². The summed E-state index contributed by atoms with van der Waals surface area (Å²) in [4.78, 5) is 16.2. The number of thiophene rings is 2. The molecule has 2 heterocycles. The summed E-state index contributed by atoms with van der Waals surface area (Å²) in [5.74, 6) is 0.103. The molecule has 0 bridgehead atoms. The van der Waals surface area contributed by atoms with Crippen LogP contribution in [0, 0.1) is 0 Å². The van der Waals surface area contributed by atoms with Crippen LogP contribution in [0.5, 0.6) is 0 Å². The van der Waals surface area contributed by atoms with Gasteiger partial charge in [-0.3, -0.25) is 4.79 Å². The molecule has 0 aromatic carbocycles. The second-order valence-corrected chi connectivity index (χ2v) is 7.57. The van der Waals surface area contributed by atoms with Crippen molar-refractivity contribution in [2.75, 3.05) is 7.05 Å². The Kier molecular flexibility index (Phi) is 4.11. The summed E-state index contributed by atoms with van der Waals surface area (Å²) in [5, 5.41) is 4.12. The second kappa shape index (κ2) is 5.47. The number of hydrogen-bond acceptors (Lipinski definition) is 3. The lowest BCUT2D eigenvalue weighted by molar-refractivity contribution is 0.0790. The van der Waals surface area contributed by atoms with Crippen molar-refractivity contribution < 1.29 is 4.79 Å². The quantitative estimate of drug-likeness (QED) is 0.822. The van der Waals surface area contributed by atoms with Crippen molar-refractivity contribution in [3.05, 3.63) is 44.3 Å². The van der Waals surface area contributed by atoms with Crippen LogP contribution in [0.4, 0.5) is 0 Å². The van der Waals surface area contributed by atoms with Crippen LogP contribution in [0.15, 0.2) is 29.0 Å². The molecule has 0 spiro atoms. The molecule has 2 aromatic heterocycles. The Morgan fingerprint density at radius 3 is 2.53 bits per heavy atom. The molecule has 102 valence electrons. The van der Waals surface area contributed by atoms with Gasteiger partial charge < -0.3 is 4.90 Å². The van der Waals surface area contributed by atoms with Gasteiger partial charge in [0.15, 0.2) is 0 Å². The normalized spacial score (nSPS) is 11.6. The van der Waals surface area contributed by atoms with Crippen molar-refractivity contribution in [3.63, 3.8) is 0 Å². The number of carbonyl (C=O) groups excluding carboxylic acids is 1. The molecule has 19 heavy (non-hydrogen) atoms. The van der Waals surface area contributed by atoms with E-state index in [2.05, 4.69) is 38.3 Å². The highest BCUT2D eigenvalue weighted by atomic mass is 32.1. The second-order valence-electron chi connectivity index (χ2n) is 5.71. The first-order valence-corrected chi connectivity index (χ1v) is 8.01. The highest BCUT2D eigenvalue weighted by molar-refractivity contribution is 7.14. The average Bonchev–Trinajstić information content (AvgIpc) is 2.97. The first kappa shape index (κ1) is 14.3. The van der Waals surface area contributed by atoms with Gasteiger partial charge in [-0.2, -0.15) is 11.3 Å². The van der Waals surface area contributed by atoms with Gasteiger partial charge in [-0.25, -0.2) is 0 Å². The third-order valence-electron chi connectivity index (χ3n) is 2.90. The van der Waals surface area contributed by atoms with E-state index in [0.717, 1.165) is 4.88 Å². The molecule has 2 rings (SSSR count). The van der Waals surface area contributed by atoms with E-state index in [1.807, 2.05) is 18.5 Å². The summed E-state index contributed by atoms with van der Waals surface area (Å²) < 4.78 is 0. The van der Waals surface area contributed by atoms with Gasteiger partial charge in [0.25, 0.3) is 5.91 Å². The summed E-state index contributed by atoms with van der Waals surface area (Å²) in [5.41, 5.74) is 1.29. The molecule has 0 N–H and O–H groups in total. The fourth-order valence-corrected chi connectivity index (χ4v) is 3.49. The van der Waals surface area contributed by atoms with E-state index in [4.69, 9.17) is 0 Å². The Hall–Kier alpha value is -1.13. The Morgan fingerprint density at radius 2 is 2.00 bits per heavy atom. The molecule has 4 heteroatoms. The Bertz CT molecular complexity index is 549. The summed E-state index contributed by atoms with van der Waals surface area (Å²) in [6.45, 7) is 7.18. The van der Waals surface area contributed by atoms with Gasteiger partial charge in [0.05, 0.1) is 4.88 Å².